The van der Waals surface area contributed by atoms with E-state index in [0.717, 1.165) is 0 Å². The van der Waals surface area contributed by atoms with Crippen molar-refractivity contribution >= 4 is 0 Å². The average Bonchev–Trinajstić information content (AvgIpc) is 2.15. The number of allylic oxidation sites excluding steroid dienone is 6. The SMILES string of the molecule is C1=C\CCCC\C=C/1.C=C(C)[CH2][Ru][CH2]C(=C)C. The van der Waals surface area contributed by atoms with E-state index in [2.05, 4.69) is 51.3 Å². The first kappa shape index (κ1) is 16.6. The second kappa shape index (κ2) is 12.1. The predicted molar refractivity (Wildman–Crippen MR) is 76.0 cm³/mol. The molecular formula is C16H26Ru. The summed E-state index contributed by atoms with van der Waals surface area (Å²) in [6.45, 7) is 11.9. The molecule has 0 radical (unpaired) electrons. The van der Waals surface area contributed by atoms with Crippen molar-refractivity contribution in [1.29, 1.82) is 0 Å². The van der Waals surface area contributed by atoms with Gasteiger partial charge in [0.2, 0.25) is 0 Å². The number of rotatable bonds is 4. The summed E-state index contributed by atoms with van der Waals surface area (Å²) >= 11 is 0.503. The van der Waals surface area contributed by atoms with E-state index in [0.29, 0.717) is 17.1 Å². The quantitative estimate of drug-likeness (QED) is 0.458. The summed E-state index contributed by atoms with van der Waals surface area (Å²) in [4.78, 5) is 0. The van der Waals surface area contributed by atoms with Crippen molar-refractivity contribution in [3.05, 3.63) is 48.6 Å². The molecule has 1 aliphatic carbocycles. The summed E-state index contributed by atoms with van der Waals surface area (Å²) in [6.07, 6.45) is 14.0. The molecule has 0 N–H and O–H groups in total. The molecule has 1 aliphatic rings. The Kier molecular flexibility index (Phi) is 11.8. The molecule has 0 amide bonds. The van der Waals surface area contributed by atoms with E-state index in [1.165, 1.54) is 46.9 Å². The Bertz CT molecular complexity index is 243. The van der Waals surface area contributed by atoms with Gasteiger partial charge in [-0.05, 0) is 25.7 Å². The van der Waals surface area contributed by atoms with Gasteiger partial charge in [-0.1, -0.05) is 24.3 Å². The van der Waals surface area contributed by atoms with E-state index in [1.54, 1.807) is 0 Å². The van der Waals surface area contributed by atoms with Gasteiger partial charge in [-0.15, -0.1) is 0 Å². The summed E-state index contributed by atoms with van der Waals surface area (Å²) in [5, 5.41) is 2.47. The number of hydrogen-bond donors (Lipinski definition) is 0. The second-order valence-electron chi connectivity index (χ2n) is 4.48. The molecule has 0 aromatic carbocycles. The van der Waals surface area contributed by atoms with E-state index in [-0.39, 0.29) is 0 Å². The van der Waals surface area contributed by atoms with Crippen molar-refractivity contribution in [3.63, 3.8) is 0 Å². The standard InChI is InChI=1S/C8H12.2C4H7.Ru/c1-2-4-6-8-7-5-3-1;2*1-4(2)3;/h1-4H,5-8H2;2*1-2H2,3H3;/b3-1-,4-2-;;;. The summed E-state index contributed by atoms with van der Waals surface area (Å²) in [6, 6.07) is 0. The van der Waals surface area contributed by atoms with Gasteiger partial charge >= 0.3 is 65.3 Å². The zero-order valence-electron chi connectivity index (χ0n) is 11.3. The fourth-order valence-electron chi connectivity index (χ4n) is 1.22. The zero-order valence-corrected chi connectivity index (χ0v) is 13.1. The van der Waals surface area contributed by atoms with Crippen molar-refractivity contribution < 1.29 is 17.1 Å². The maximum atomic E-state index is 3.84. The van der Waals surface area contributed by atoms with Gasteiger partial charge in [0, 0.05) is 0 Å². The van der Waals surface area contributed by atoms with Crippen molar-refractivity contribution in [1.82, 2.24) is 0 Å². The third-order valence-electron chi connectivity index (χ3n) is 1.98. The van der Waals surface area contributed by atoms with E-state index in [1.807, 2.05) is 0 Å². The predicted octanol–water partition coefficient (Wildman–Crippen LogP) is 5.73. The molecular weight excluding hydrogens is 293 g/mol. The third kappa shape index (κ3) is 15.6. The van der Waals surface area contributed by atoms with Gasteiger partial charge in [-0.2, -0.15) is 0 Å². The van der Waals surface area contributed by atoms with Crippen molar-refractivity contribution in [3.8, 4) is 0 Å². The normalized spacial score (nSPS) is 18.2. The molecule has 1 heteroatoms. The first-order valence-electron chi connectivity index (χ1n) is 6.23. The molecule has 0 aromatic rings. The van der Waals surface area contributed by atoms with E-state index < -0.39 is 0 Å². The zero-order chi connectivity index (χ0) is 12.9. The molecule has 0 fully saturated rings. The van der Waals surface area contributed by atoms with Crippen LogP contribution in [0.15, 0.2) is 48.6 Å². The summed E-state index contributed by atoms with van der Waals surface area (Å²) in [5.41, 5.74) is 2.63. The molecule has 0 aliphatic heterocycles. The molecule has 98 valence electrons. The monoisotopic (exact) mass is 320 g/mol. The summed E-state index contributed by atoms with van der Waals surface area (Å²) in [7, 11) is 0. The maximum absolute atomic E-state index is 3.84. The Morgan fingerprint density at radius 3 is 1.71 bits per heavy atom. The molecule has 0 spiro atoms. The topological polar surface area (TPSA) is 0 Å². The van der Waals surface area contributed by atoms with Crippen molar-refractivity contribution in [2.24, 2.45) is 0 Å². The molecule has 0 heterocycles. The van der Waals surface area contributed by atoms with Gasteiger partial charge in [0.15, 0.2) is 0 Å². The summed E-state index contributed by atoms with van der Waals surface area (Å²) < 4.78 is 0. The van der Waals surface area contributed by atoms with Crippen LogP contribution in [0.1, 0.15) is 39.5 Å². The molecule has 0 aromatic heterocycles. The fourth-order valence-corrected chi connectivity index (χ4v) is 2.92. The Morgan fingerprint density at radius 2 is 1.35 bits per heavy atom. The van der Waals surface area contributed by atoms with Gasteiger partial charge < -0.3 is 0 Å². The summed E-state index contributed by atoms with van der Waals surface area (Å²) in [5.74, 6) is 0. The van der Waals surface area contributed by atoms with Gasteiger partial charge in [0.25, 0.3) is 0 Å². The Hall–Kier alpha value is -0.417. The van der Waals surface area contributed by atoms with Crippen LogP contribution in [0.5, 0.6) is 0 Å². The molecule has 17 heavy (non-hydrogen) atoms. The van der Waals surface area contributed by atoms with Crippen LogP contribution >= 0.6 is 0 Å². The van der Waals surface area contributed by atoms with Crippen LogP contribution in [0.25, 0.3) is 0 Å². The molecule has 0 bridgehead atoms. The minimum atomic E-state index is 0.503. The van der Waals surface area contributed by atoms with Crippen LogP contribution < -0.4 is 0 Å². The van der Waals surface area contributed by atoms with Gasteiger partial charge in [-0.3, -0.25) is 0 Å². The van der Waals surface area contributed by atoms with E-state index in [4.69, 9.17) is 0 Å². The van der Waals surface area contributed by atoms with Crippen LogP contribution in [0.4, 0.5) is 0 Å². The number of hydrogen-bond acceptors (Lipinski definition) is 0. The second-order valence-corrected chi connectivity index (χ2v) is 6.58. The van der Waals surface area contributed by atoms with Crippen molar-refractivity contribution in [2.75, 3.05) is 0 Å². The van der Waals surface area contributed by atoms with Crippen LogP contribution in [-0.4, -0.2) is 0 Å². The first-order chi connectivity index (χ1) is 8.13. The van der Waals surface area contributed by atoms with Gasteiger partial charge in [0.1, 0.15) is 0 Å². The molecule has 1 rings (SSSR count). The van der Waals surface area contributed by atoms with E-state index >= 15 is 0 Å². The van der Waals surface area contributed by atoms with Crippen LogP contribution in [0.2, 0.25) is 10.0 Å². The third-order valence-corrected chi connectivity index (χ3v) is 4.95. The molecule has 0 saturated heterocycles. The molecule has 0 saturated carbocycles. The van der Waals surface area contributed by atoms with Crippen molar-refractivity contribution in [2.45, 2.75) is 49.6 Å². The van der Waals surface area contributed by atoms with Crippen LogP contribution in [0, 0.1) is 0 Å². The first-order valence-corrected chi connectivity index (χ1v) is 8.69. The Morgan fingerprint density at radius 1 is 0.941 bits per heavy atom. The minimum absolute atomic E-state index is 0.503. The fraction of sp³-hybridized carbons (Fsp3) is 0.500. The van der Waals surface area contributed by atoms with Crippen LogP contribution in [0.3, 0.4) is 0 Å². The molecule has 0 nitrogen and oxygen atoms in total. The van der Waals surface area contributed by atoms with E-state index in [9.17, 15) is 0 Å². The molecule has 0 unspecified atom stereocenters. The Labute approximate surface area is 115 Å². The Balaban J connectivity index is 0.000000302. The van der Waals surface area contributed by atoms with Gasteiger partial charge in [-0.25, -0.2) is 0 Å². The van der Waals surface area contributed by atoms with Crippen LogP contribution in [-0.2, 0) is 17.1 Å². The molecule has 0 atom stereocenters. The average molecular weight is 319 g/mol. The van der Waals surface area contributed by atoms with Gasteiger partial charge in [0.05, 0.1) is 0 Å².